The molecule has 1 saturated carbocycles. The first-order valence-electron chi connectivity index (χ1n) is 13.0. The fourth-order valence-electron chi connectivity index (χ4n) is 5.35. The van der Waals surface area contributed by atoms with E-state index in [0.717, 1.165) is 40.6 Å². The van der Waals surface area contributed by atoms with Crippen molar-refractivity contribution in [3.8, 4) is 11.3 Å². The zero-order valence-electron chi connectivity index (χ0n) is 21.1. The van der Waals surface area contributed by atoms with Crippen LogP contribution in [0, 0.1) is 0 Å². The molecule has 0 radical (unpaired) electrons. The SMILES string of the molecule is O=C(O)c1ccc2c(N3CCC(F)(COCc4c(-c5c(Cl)cccc5Cl)noc4C4CC4)CC3)cccc2c1. The van der Waals surface area contributed by atoms with E-state index in [1.807, 2.05) is 24.3 Å². The molecule has 0 bridgehead atoms. The van der Waals surface area contributed by atoms with Crippen LogP contribution in [0.25, 0.3) is 22.0 Å². The van der Waals surface area contributed by atoms with Gasteiger partial charge in [-0.1, -0.05) is 52.6 Å². The van der Waals surface area contributed by atoms with Crippen LogP contribution in [0.2, 0.25) is 10.0 Å². The number of benzene rings is 3. The van der Waals surface area contributed by atoms with Crippen LogP contribution in [0.3, 0.4) is 0 Å². The fourth-order valence-corrected chi connectivity index (χ4v) is 5.93. The van der Waals surface area contributed by atoms with Gasteiger partial charge in [0.15, 0.2) is 0 Å². The molecule has 2 fully saturated rings. The molecule has 0 unspecified atom stereocenters. The maximum Gasteiger partial charge on any atom is 0.335 e. The third-order valence-electron chi connectivity index (χ3n) is 7.68. The summed E-state index contributed by atoms with van der Waals surface area (Å²) >= 11 is 12.9. The lowest BCUT2D eigenvalue weighted by Crippen LogP contribution is -2.44. The molecule has 1 aromatic heterocycles. The summed E-state index contributed by atoms with van der Waals surface area (Å²) in [5.74, 6) is 0.103. The second-order valence-corrected chi connectivity index (χ2v) is 11.2. The molecule has 1 aliphatic heterocycles. The summed E-state index contributed by atoms with van der Waals surface area (Å²) in [6.45, 7) is 1.18. The van der Waals surface area contributed by atoms with Crippen LogP contribution in [-0.4, -0.2) is 41.6 Å². The van der Waals surface area contributed by atoms with E-state index < -0.39 is 11.6 Å². The summed E-state index contributed by atoms with van der Waals surface area (Å²) in [6, 6.07) is 16.2. The number of carboxylic acids is 1. The number of carboxylic acid groups (broad SMARTS) is 1. The maximum atomic E-state index is 15.9. The van der Waals surface area contributed by atoms with Gasteiger partial charge in [0.25, 0.3) is 0 Å². The van der Waals surface area contributed by atoms with Crippen molar-refractivity contribution in [1.29, 1.82) is 0 Å². The molecule has 1 N–H and O–H groups in total. The second-order valence-electron chi connectivity index (χ2n) is 10.4. The Hall–Kier alpha value is -3.13. The van der Waals surface area contributed by atoms with Crippen molar-refractivity contribution in [2.24, 2.45) is 0 Å². The first-order chi connectivity index (χ1) is 18.8. The molecule has 9 heteroatoms. The molecule has 202 valence electrons. The van der Waals surface area contributed by atoms with Gasteiger partial charge in [0.2, 0.25) is 0 Å². The van der Waals surface area contributed by atoms with Crippen LogP contribution in [0.4, 0.5) is 10.1 Å². The van der Waals surface area contributed by atoms with Gasteiger partial charge in [0.05, 0.1) is 28.8 Å². The summed E-state index contributed by atoms with van der Waals surface area (Å²) in [5, 5.41) is 16.3. The number of aromatic carboxylic acids is 1. The van der Waals surface area contributed by atoms with Gasteiger partial charge in [0.1, 0.15) is 17.1 Å². The molecular weight excluding hydrogens is 542 g/mol. The lowest BCUT2D eigenvalue weighted by atomic mass is 9.93. The number of fused-ring (bicyclic) bond motifs is 1. The van der Waals surface area contributed by atoms with Crippen LogP contribution < -0.4 is 4.90 Å². The van der Waals surface area contributed by atoms with Gasteiger partial charge in [-0.2, -0.15) is 0 Å². The zero-order chi connectivity index (χ0) is 27.1. The Kier molecular flexibility index (Phi) is 7.00. The average Bonchev–Trinajstić information content (AvgIpc) is 3.69. The first-order valence-corrected chi connectivity index (χ1v) is 13.8. The molecule has 1 saturated heterocycles. The molecule has 3 aromatic carbocycles. The Bertz CT molecular complexity index is 1520. The molecule has 2 heterocycles. The van der Waals surface area contributed by atoms with E-state index in [4.69, 9.17) is 32.5 Å². The van der Waals surface area contributed by atoms with Gasteiger partial charge < -0.3 is 19.3 Å². The Morgan fingerprint density at radius 2 is 1.82 bits per heavy atom. The number of halogens is 3. The molecule has 39 heavy (non-hydrogen) atoms. The van der Waals surface area contributed by atoms with Crippen LogP contribution >= 0.6 is 23.2 Å². The Balaban J connectivity index is 1.14. The number of aromatic nitrogens is 1. The summed E-state index contributed by atoms with van der Waals surface area (Å²) in [5.41, 5.74) is 1.70. The van der Waals surface area contributed by atoms with Gasteiger partial charge in [-0.25, -0.2) is 9.18 Å². The van der Waals surface area contributed by atoms with E-state index in [1.165, 1.54) is 0 Å². The van der Waals surface area contributed by atoms with Gasteiger partial charge in [-0.3, -0.25) is 0 Å². The number of rotatable bonds is 8. The number of ether oxygens (including phenoxy) is 1. The van der Waals surface area contributed by atoms with Crippen molar-refractivity contribution < 1.29 is 23.6 Å². The van der Waals surface area contributed by atoms with Gasteiger partial charge >= 0.3 is 5.97 Å². The van der Waals surface area contributed by atoms with Crippen molar-refractivity contribution >= 4 is 45.6 Å². The van der Waals surface area contributed by atoms with E-state index in [2.05, 4.69) is 10.1 Å². The summed E-state index contributed by atoms with van der Waals surface area (Å²) < 4.78 is 27.6. The number of hydrogen-bond acceptors (Lipinski definition) is 5. The minimum absolute atomic E-state index is 0.0384. The highest BCUT2D eigenvalue weighted by atomic mass is 35.5. The third-order valence-corrected chi connectivity index (χ3v) is 8.31. The van der Waals surface area contributed by atoms with E-state index >= 15 is 4.39 Å². The predicted molar refractivity (Wildman–Crippen MR) is 150 cm³/mol. The number of anilines is 1. The zero-order valence-corrected chi connectivity index (χ0v) is 22.6. The molecule has 6 nitrogen and oxygen atoms in total. The molecule has 0 amide bonds. The lowest BCUT2D eigenvalue weighted by Gasteiger charge is -2.38. The molecule has 4 aromatic rings. The van der Waals surface area contributed by atoms with Crippen molar-refractivity contribution in [2.75, 3.05) is 24.6 Å². The predicted octanol–water partition coefficient (Wildman–Crippen LogP) is 7.90. The summed E-state index contributed by atoms with van der Waals surface area (Å²) in [6.07, 6.45) is 2.68. The van der Waals surface area contributed by atoms with Crippen molar-refractivity contribution in [3.05, 3.63) is 81.5 Å². The minimum atomic E-state index is -1.46. The number of piperidine rings is 1. The standard InChI is InChI=1S/C30H27Cl2FN2O4/c31-23-4-2-5-24(32)26(23)27-22(28(39-34-27)18-7-8-18)16-38-17-30(33)11-13-35(14-12-30)25-6-1-3-19-15-20(29(36)37)9-10-21(19)25/h1-6,9-10,15,18H,7-8,11-14,16-17H2,(H,36,37). The Morgan fingerprint density at radius 3 is 2.51 bits per heavy atom. The second kappa shape index (κ2) is 10.5. The van der Waals surface area contributed by atoms with Crippen molar-refractivity contribution in [1.82, 2.24) is 5.16 Å². The first kappa shape index (κ1) is 26.1. The van der Waals surface area contributed by atoms with E-state index in [-0.39, 0.29) is 18.8 Å². The lowest BCUT2D eigenvalue weighted by molar-refractivity contribution is -0.00754. The van der Waals surface area contributed by atoms with E-state index in [1.54, 1.807) is 30.3 Å². The fraction of sp³-hybridized carbons (Fsp3) is 0.333. The highest BCUT2D eigenvalue weighted by Gasteiger charge is 2.37. The molecule has 0 atom stereocenters. The molecule has 2 aliphatic rings. The largest absolute Gasteiger partial charge is 0.478 e. The molecule has 1 aliphatic carbocycles. The minimum Gasteiger partial charge on any atom is -0.478 e. The van der Waals surface area contributed by atoms with Crippen molar-refractivity contribution in [3.63, 3.8) is 0 Å². The Labute approximate surface area is 235 Å². The van der Waals surface area contributed by atoms with Crippen LogP contribution in [0.1, 0.15) is 53.3 Å². The molecular formula is C30H27Cl2FN2O4. The summed E-state index contributed by atoms with van der Waals surface area (Å²) in [4.78, 5) is 13.5. The normalized spacial score (nSPS) is 17.1. The Morgan fingerprint density at radius 1 is 1.10 bits per heavy atom. The van der Waals surface area contributed by atoms with Gasteiger partial charge in [-0.15, -0.1) is 0 Å². The number of carbonyl (C=O) groups is 1. The number of hydrogen-bond donors (Lipinski definition) is 1. The number of alkyl halides is 1. The molecule has 6 rings (SSSR count). The third kappa shape index (κ3) is 5.23. The average molecular weight is 569 g/mol. The van der Waals surface area contributed by atoms with E-state index in [0.29, 0.717) is 53.2 Å². The summed E-state index contributed by atoms with van der Waals surface area (Å²) in [7, 11) is 0. The maximum absolute atomic E-state index is 15.9. The topological polar surface area (TPSA) is 75.8 Å². The van der Waals surface area contributed by atoms with Gasteiger partial charge in [0, 0.05) is 54.0 Å². The highest BCUT2D eigenvalue weighted by molar-refractivity contribution is 6.39. The van der Waals surface area contributed by atoms with Gasteiger partial charge in [-0.05, 0) is 48.6 Å². The smallest absolute Gasteiger partial charge is 0.335 e. The monoisotopic (exact) mass is 568 g/mol. The molecule has 0 spiro atoms. The van der Waals surface area contributed by atoms with Crippen LogP contribution in [-0.2, 0) is 11.3 Å². The highest BCUT2D eigenvalue weighted by Crippen LogP contribution is 2.46. The van der Waals surface area contributed by atoms with Crippen molar-refractivity contribution in [2.45, 2.75) is 43.9 Å². The van der Waals surface area contributed by atoms with Crippen LogP contribution in [0.5, 0.6) is 0 Å². The quantitative estimate of drug-likeness (QED) is 0.233. The van der Waals surface area contributed by atoms with E-state index in [9.17, 15) is 9.90 Å². The van der Waals surface area contributed by atoms with Crippen LogP contribution in [0.15, 0.2) is 59.1 Å². The number of nitrogens with zero attached hydrogens (tertiary/aromatic N) is 2.